The molecule has 3 aromatic heterocycles. The summed E-state index contributed by atoms with van der Waals surface area (Å²) in [6.45, 7) is 6.53. The predicted molar refractivity (Wildman–Crippen MR) is 131 cm³/mol. The minimum Gasteiger partial charge on any atom is -0.494 e. The molecule has 0 saturated carbocycles. The fourth-order valence-corrected chi connectivity index (χ4v) is 3.81. The molecule has 0 radical (unpaired) electrons. The van der Waals surface area contributed by atoms with E-state index in [2.05, 4.69) is 9.98 Å². The van der Waals surface area contributed by atoms with E-state index < -0.39 is 11.9 Å². The highest BCUT2D eigenvalue weighted by atomic mass is 16.5. The van der Waals surface area contributed by atoms with Crippen LogP contribution in [0.25, 0.3) is 16.7 Å². The van der Waals surface area contributed by atoms with Gasteiger partial charge in [0.25, 0.3) is 11.5 Å². The van der Waals surface area contributed by atoms with Gasteiger partial charge >= 0.3 is 5.97 Å². The zero-order chi connectivity index (χ0) is 24.9. The quantitative estimate of drug-likeness (QED) is 0.300. The Hall–Kier alpha value is -4.27. The van der Waals surface area contributed by atoms with Crippen LogP contribution in [0.4, 0.5) is 0 Å². The first kappa shape index (κ1) is 23.9. The molecule has 1 aromatic carbocycles. The zero-order valence-corrected chi connectivity index (χ0v) is 19.9. The number of fused-ring (bicyclic) bond motifs is 2. The van der Waals surface area contributed by atoms with Crippen LogP contribution in [0, 0.1) is 0 Å². The van der Waals surface area contributed by atoms with Gasteiger partial charge in [-0.25, -0.2) is 9.78 Å². The number of benzene rings is 1. The minimum absolute atomic E-state index is 0.0295. The molecule has 0 spiro atoms. The Morgan fingerprint density at radius 3 is 2.49 bits per heavy atom. The lowest BCUT2D eigenvalue weighted by atomic mass is 10.2. The SMILES string of the molecule is CCCn1c(=NC(=O)c2ccc(OCC)cc2)c(C(=O)OCC)cc2c(=O)n3ccccc3nc21. The van der Waals surface area contributed by atoms with Crippen molar-refractivity contribution in [2.45, 2.75) is 33.7 Å². The van der Waals surface area contributed by atoms with Gasteiger partial charge < -0.3 is 14.0 Å². The maximum atomic E-state index is 13.3. The van der Waals surface area contributed by atoms with Crippen molar-refractivity contribution in [1.29, 1.82) is 0 Å². The summed E-state index contributed by atoms with van der Waals surface area (Å²) in [6.07, 6.45) is 2.27. The fourth-order valence-electron chi connectivity index (χ4n) is 3.81. The summed E-state index contributed by atoms with van der Waals surface area (Å²) in [5, 5.41) is 0.234. The summed E-state index contributed by atoms with van der Waals surface area (Å²) in [5.74, 6) is -0.574. The topological polar surface area (TPSA) is 104 Å². The summed E-state index contributed by atoms with van der Waals surface area (Å²) in [6, 6.07) is 13.3. The standard InChI is InChI=1S/C26H26N4O5/c1-4-14-30-22-19(25(32)29-15-8-7-9-21(29)27-22)16-20(26(33)35-6-3)23(30)28-24(31)17-10-12-18(13-11-17)34-5-2/h7-13,15-16H,4-6,14H2,1-3H3. The molecule has 9 heteroatoms. The van der Waals surface area contributed by atoms with Crippen molar-refractivity contribution < 1.29 is 19.1 Å². The Labute approximate surface area is 201 Å². The number of amides is 1. The van der Waals surface area contributed by atoms with Crippen molar-refractivity contribution in [2.24, 2.45) is 4.99 Å². The molecule has 0 atom stereocenters. The Kier molecular flexibility index (Phi) is 7.05. The number of hydrogen-bond donors (Lipinski definition) is 0. The summed E-state index contributed by atoms with van der Waals surface area (Å²) in [7, 11) is 0. The second-order valence-electron chi connectivity index (χ2n) is 7.71. The largest absolute Gasteiger partial charge is 0.494 e. The van der Waals surface area contributed by atoms with E-state index in [1.165, 1.54) is 10.5 Å². The van der Waals surface area contributed by atoms with Crippen molar-refractivity contribution in [3.63, 3.8) is 0 Å². The van der Waals surface area contributed by atoms with Gasteiger partial charge in [0.1, 0.15) is 22.6 Å². The highest BCUT2D eigenvalue weighted by molar-refractivity contribution is 5.97. The molecule has 0 aliphatic rings. The number of esters is 1. The van der Waals surface area contributed by atoms with Crippen LogP contribution in [0.2, 0.25) is 0 Å². The molecule has 35 heavy (non-hydrogen) atoms. The lowest BCUT2D eigenvalue weighted by Crippen LogP contribution is -2.32. The van der Waals surface area contributed by atoms with E-state index in [4.69, 9.17) is 9.47 Å². The lowest BCUT2D eigenvalue weighted by molar-refractivity contribution is 0.0523. The first-order chi connectivity index (χ1) is 17.0. The second kappa shape index (κ2) is 10.3. The van der Waals surface area contributed by atoms with Crippen molar-refractivity contribution >= 4 is 28.6 Å². The molecule has 4 rings (SSSR count). The molecule has 0 aliphatic heterocycles. The highest BCUT2D eigenvalue weighted by Crippen LogP contribution is 2.14. The second-order valence-corrected chi connectivity index (χ2v) is 7.71. The summed E-state index contributed by atoms with van der Waals surface area (Å²) >= 11 is 0. The molecular weight excluding hydrogens is 448 g/mol. The molecule has 1 amide bonds. The number of rotatable bonds is 7. The number of aromatic nitrogens is 3. The monoisotopic (exact) mass is 474 g/mol. The molecule has 0 N–H and O–H groups in total. The molecule has 3 heterocycles. The fraction of sp³-hybridized carbons (Fsp3) is 0.269. The van der Waals surface area contributed by atoms with Gasteiger partial charge in [0.05, 0.1) is 18.6 Å². The summed E-state index contributed by atoms with van der Waals surface area (Å²) in [4.78, 5) is 48.3. The van der Waals surface area contributed by atoms with Crippen LogP contribution in [0.1, 0.15) is 47.9 Å². The van der Waals surface area contributed by atoms with Gasteiger partial charge in [0, 0.05) is 18.3 Å². The van der Waals surface area contributed by atoms with E-state index in [1.807, 2.05) is 13.8 Å². The molecule has 9 nitrogen and oxygen atoms in total. The van der Waals surface area contributed by atoms with E-state index in [-0.39, 0.29) is 28.6 Å². The van der Waals surface area contributed by atoms with E-state index in [0.29, 0.717) is 42.2 Å². The maximum absolute atomic E-state index is 13.3. The van der Waals surface area contributed by atoms with Crippen LogP contribution in [0.15, 0.2) is 64.5 Å². The molecule has 180 valence electrons. The Morgan fingerprint density at radius 1 is 1.03 bits per heavy atom. The lowest BCUT2D eigenvalue weighted by Gasteiger charge is -2.14. The molecule has 0 unspecified atom stereocenters. The third-order valence-corrected chi connectivity index (χ3v) is 5.35. The highest BCUT2D eigenvalue weighted by Gasteiger charge is 2.20. The van der Waals surface area contributed by atoms with E-state index in [0.717, 1.165) is 0 Å². The van der Waals surface area contributed by atoms with Gasteiger partial charge in [0.15, 0.2) is 5.49 Å². The number of nitrogens with zero attached hydrogens (tertiary/aromatic N) is 4. The zero-order valence-electron chi connectivity index (χ0n) is 19.9. The Morgan fingerprint density at radius 2 is 1.80 bits per heavy atom. The van der Waals surface area contributed by atoms with Crippen LogP contribution in [-0.4, -0.2) is 39.0 Å². The number of aryl methyl sites for hydroxylation is 1. The molecule has 4 aromatic rings. The molecule has 0 saturated heterocycles. The van der Waals surface area contributed by atoms with Crippen LogP contribution in [0.3, 0.4) is 0 Å². The van der Waals surface area contributed by atoms with Crippen LogP contribution < -0.4 is 15.8 Å². The van der Waals surface area contributed by atoms with Gasteiger partial charge in [-0.15, -0.1) is 0 Å². The number of hydrogen-bond acceptors (Lipinski definition) is 6. The Balaban J connectivity index is 2.02. The average Bonchev–Trinajstić information content (AvgIpc) is 2.86. The number of ether oxygens (including phenoxy) is 2. The summed E-state index contributed by atoms with van der Waals surface area (Å²) in [5.41, 5.74) is 0.922. The van der Waals surface area contributed by atoms with Gasteiger partial charge in [-0.05, 0) is 62.7 Å². The van der Waals surface area contributed by atoms with Gasteiger partial charge in [-0.3, -0.25) is 14.0 Å². The minimum atomic E-state index is -0.671. The van der Waals surface area contributed by atoms with Crippen molar-refractivity contribution in [3.05, 3.63) is 81.7 Å². The third-order valence-electron chi connectivity index (χ3n) is 5.35. The normalized spacial score (nSPS) is 11.7. The smallest absolute Gasteiger partial charge is 0.341 e. The van der Waals surface area contributed by atoms with Crippen LogP contribution >= 0.6 is 0 Å². The maximum Gasteiger partial charge on any atom is 0.341 e. The third kappa shape index (κ3) is 4.70. The Bertz CT molecular complexity index is 1530. The average molecular weight is 475 g/mol. The molecular formula is C26H26N4O5. The van der Waals surface area contributed by atoms with Gasteiger partial charge in [-0.1, -0.05) is 13.0 Å². The van der Waals surface area contributed by atoms with Crippen molar-refractivity contribution in [2.75, 3.05) is 13.2 Å². The van der Waals surface area contributed by atoms with E-state index >= 15 is 0 Å². The molecule has 0 bridgehead atoms. The van der Waals surface area contributed by atoms with Crippen LogP contribution in [-0.2, 0) is 11.3 Å². The van der Waals surface area contributed by atoms with Gasteiger partial charge in [-0.2, -0.15) is 4.99 Å². The van der Waals surface area contributed by atoms with Crippen molar-refractivity contribution in [3.8, 4) is 5.75 Å². The van der Waals surface area contributed by atoms with E-state index in [1.54, 1.807) is 60.2 Å². The first-order valence-electron chi connectivity index (χ1n) is 11.5. The predicted octanol–water partition coefficient (Wildman–Crippen LogP) is 3.38. The van der Waals surface area contributed by atoms with Crippen molar-refractivity contribution in [1.82, 2.24) is 14.0 Å². The molecule has 0 fully saturated rings. The number of pyridine rings is 2. The number of carbonyl (C=O) groups is 2. The molecule has 0 aliphatic carbocycles. The van der Waals surface area contributed by atoms with Gasteiger partial charge in [0.2, 0.25) is 0 Å². The van der Waals surface area contributed by atoms with E-state index in [9.17, 15) is 14.4 Å². The first-order valence-corrected chi connectivity index (χ1v) is 11.5. The number of carbonyl (C=O) groups excluding carboxylic acids is 2. The van der Waals surface area contributed by atoms with Crippen LogP contribution in [0.5, 0.6) is 5.75 Å². The summed E-state index contributed by atoms with van der Waals surface area (Å²) < 4.78 is 13.7.